The summed E-state index contributed by atoms with van der Waals surface area (Å²) >= 11 is 4.66. The van der Waals surface area contributed by atoms with Gasteiger partial charge < -0.3 is 0 Å². The predicted octanol–water partition coefficient (Wildman–Crippen LogP) is 2.26. The minimum Gasteiger partial charge on any atom is -0.276 e. The number of rotatable bonds is 1. The zero-order chi connectivity index (χ0) is 8.36. The fourth-order valence-corrected chi connectivity index (χ4v) is 0.416. The van der Waals surface area contributed by atoms with Crippen LogP contribution in [0.25, 0.3) is 0 Å². The average Bonchev–Trinajstić information content (AvgIpc) is 1.60. The number of hydrogen-bond donors (Lipinski definition) is 0. The van der Waals surface area contributed by atoms with Crippen LogP contribution in [0.4, 0.5) is 13.2 Å². The molecule has 0 atom stereocenters. The van der Waals surface area contributed by atoms with Gasteiger partial charge in [0.1, 0.15) is 0 Å². The number of hydrogen-bond acceptors (Lipinski definition) is 1. The van der Waals surface area contributed by atoms with Gasteiger partial charge in [0.25, 0.3) is 0 Å². The number of halogens is 4. The molecule has 0 saturated heterocycles. The molecule has 0 aromatic heterocycles. The third-order valence-corrected chi connectivity index (χ3v) is 0.886. The van der Waals surface area contributed by atoms with E-state index in [0.29, 0.717) is 6.08 Å². The van der Waals surface area contributed by atoms with Crippen LogP contribution in [0, 0.1) is 0 Å². The molecule has 5 heteroatoms. The summed E-state index contributed by atoms with van der Waals surface area (Å²) in [5.41, 5.74) is -0.993. The van der Waals surface area contributed by atoms with Gasteiger partial charge in [0.05, 0.1) is 0 Å². The van der Waals surface area contributed by atoms with Crippen molar-refractivity contribution in [3.8, 4) is 0 Å². The van der Waals surface area contributed by atoms with Crippen LogP contribution in [0.5, 0.6) is 0 Å². The van der Waals surface area contributed by atoms with E-state index in [1.807, 2.05) is 0 Å². The molecule has 0 unspecified atom stereocenters. The SMILES string of the molecule is C/C(=C\C(=O)Cl)C(F)(F)F. The van der Waals surface area contributed by atoms with Crippen molar-refractivity contribution in [3.05, 3.63) is 11.6 Å². The van der Waals surface area contributed by atoms with E-state index in [1.165, 1.54) is 0 Å². The largest absolute Gasteiger partial charge is 0.412 e. The fourth-order valence-electron chi connectivity index (χ4n) is 0.252. The maximum Gasteiger partial charge on any atom is 0.412 e. The van der Waals surface area contributed by atoms with Crippen molar-refractivity contribution < 1.29 is 18.0 Å². The Hall–Kier alpha value is -0.510. The van der Waals surface area contributed by atoms with Crippen LogP contribution in [-0.4, -0.2) is 11.4 Å². The van der Waals surface area contributed by atoms with Crippen molar-refractivity contribution in [2.24, 2.45) is 0 Å². The molecule has 0 rings (SSSR count). The topological polar surface area (TPSA) is 17.1 Å². The van der Waals surface area contributed by atoms with Gasteiger partial charge in [-0.2, -0.15) is 13.2 Å². The number of carbonyl (C=O) groups is 1. The quantitative estimate of drug-likeness (QED) is 0.438. The van der Waals surface area contributed by atoms with E-state index in [2.05, 4.69) is 11.6 Å². The lowest BCUT2D eigenvalue weighted by Crippen LogP contribution is -2.09. The maximum atomic E-state index is 11.5. The first-order valence-electron chi connectivity index (χ1n) is 2.29. The van der Waals surface area contributed by atoms with Gasteiger partial charge in [-0.15, -0.1) is 0 Å². The predicted molar refractivity (Wildman–Crippen MR) is 30.7 cm³/mol. The summed E-state index contributed by atoms with van der Waals surface area (Å²) in [6.45, 7) is 0.778. The van der Waals surface area contributed by atoms with Gasteiger partial charge in [0.2, 0.25) is 5.24 Å². The lowest BCUT2D eigenvalue weighted by molar-refractivity contribution is -0.109. The second-order valence-corrected chi connectivity index (χ2v) is 2.00. The van der Waals surface area contributed by atoms with E-state index in [0.717, 1.165) is 6.92 Å². The molecule has 0 saturated carbocycles. The normalized spacial score (nSPS) is 13.5. The highest BCUT2D eigenvalue weighted by Gasteiger charge is 2.30. The highest BCUT2D eigenvalue weighted by molar-refractivity contribution is 6.66. The van der Waals surface area contributed by atoms with E-state index in [-0.39, 0.29) is 0 Å². The Morgan fingerprint density at radius 1 is 1.50 bits per heavy atom. The zero-order valence-electron chi connectivity index (χ0n) is 5.00. The second-order valence-electron chi connectivity index (χ2n) is 1.63. The van der Waals surface area contributed by atoms with Gasteiger partial charge in [0.15, 0.2) is 0 Å². The molecule has 0 spiro atoms. The van der Waals surface area contributed by atoms with Crippen LogP contribution in [0.3, 0.4) is 0 Å². The van der Waals surface area contributed by atoms with Crippen molar-refractivity contribution in [1.82, 2.24) is 0 Å². The standard InChI is InChI=1S/C5H4ClF3O/c1-3(2-4(6)10)5(7,8)9/h2H,1H3/b3-2+. The summed E-state index contributed by atoms with van der Waals surface area (Å²) in [6.07, 6.45) is -4.12. The van der Waals surface area contributed by atoms with E-state index in [4.69, 9.17) is 0 Å². The fraction of sp³-hybridized carbons (Fsp3) is 0.400. The molecule has 0 fully saturated rings. The molecule has 0 heterocycles. The summed E-state index contributed by atoms with van der Waals surface area (Å²) in [7, 11) is 0. The first-order valence-corrected chi connectivity index (χ1v) is 2.67. The molecule has 0 N–H and O–H groups in total. The Morgan fingerprint density at radius 2 is 1.90 bits per heavy atom. The Balaban J connectivity index is 4.35. The molecule has 1 nitrogen and oxygen atoms in total. The van der Waals surface area contributed by atoms with E-state index in [1.54, 1.807) is 0 Å². The zero-order valence-corrected chi connectivity index (χ0v) is 5.75. The third kappa shape index (κ3) is 3.50. The van der Waals surface area contributed by atoms with Crippen molar-refractivity contribution in [1.29, 1.82) is 0 Å². The van der Waals surface area contributed by atoms with Crippen molar-refractivity contribution in [2.45, 2.75) is 13.1 Å². The van der Waals surface area contributed by atoms with Gasteiger partial charge in [-0.1, -0.05) is 0 Å². The molecule has 0 aromatic carbocycles. The summed E-state index contributed by atoms with van der Waals surface area (Å²) in [6, 6.07) is 0. The van der Waals surface area contributed by atoms with Crippen LogP contribution in [0.2, 0.25) is 0 Å². The molecule has 0 amide bonds. The summed E-state index contributed by atoms with van der Waals surface area (Å²) < 4.78 is 34.6. The van der Waals surface area contributed by atoms with Crippen molar-refractivity contribution >= 4 is 16.8 Å². The highest BCUT2D eigenvalue weighted by Crippen LogP contribution is 2.24. The Labute approximate surface area is 60.5 Å². The van der Waals surface area contributed by atoms with E-state index < -0.39 is 17.0 Å². The molecule has 10 heavy (non-hydrogen) atoms. The molecule has 58 valence electrons. The molecule has 0 aromatic rings. The maximum absolute atomic E-state index is 11.5. The van der Waals surface area contributed by atoms with Crippen LogP contribution >= 0.6 is 11.6 Å². The van der Waals surface area contributed by atoms with Gasteiger partial charge in [-0.25, -0.2) is 0 Å². The molecule has 0 aliphatic rings. The number of alkyl halides is 3. The van der Waals surface area contributed by atoms with Crippen LogP contribution in [0.15, 0.2) is 11.6 Å². The van der Waals surface area contributed by atoms with E-state index in [9.17, 15) is 18.0 Å². The molecular formula is C5H4ClF3O. The first-order chi connectivity index (χ1) is 4.34. The second kappa shape index (κ2) is 3.05. The van der Waals surface area contributed by atoms with Gasteiger partial charge in [0, 0.05) is 11.6 Å². The summed E-state index contributed by atoms with van der Waals surface area (Å²) in [5.74, 6) is 0. The monoisotopic (exact) mass is 172 g/mol. The first kappa shape index (κ1) is 9.49. The number of allylic oxidation sites excluding steroid dienone is 2. The minimum absolute atomic E-state index is 0.335. The lowest BCUT2D eigenvalue weighted by Gasteiger charge is -2.03. The van der Waals surface area contributed by atoms with Crippen LogP contribution in [-0.2, 0) is 4.79 Å². The lowest BCUT2D eigenvalue weighted by atomic mass is 10.3. The minimum atomic E-state index is -4.45. The Morgan fingerprint density at radius 3 is 2.00 bits per heavy atom. The molecule has 0 aliphatic heterocycles. The Bertz CT molecular complexity index is 170. The van der Waals surface area contributed by atoms with Gasteiger partial charge >= 0.3 is 6.18 Å². The third-order valence-electron chi connectivity index (χ3n) is 0.777. The molecule has 0 radical (unpaired) electrons. The summed E-state index contributed by atoms with van der Waals surface area (Å²) in [5, 5.41) is -1.12. The van der Waals surface area contributed by atoms with Gasteiger partial charge in [-0.3, -0.25) is 4.79 Å². The number of carbonyl (C=O) groups excluding carboxylic acids is 1. The van der Waals surface area contributed by atoms with Crippen molar-refractivity contribution in [3.63, 3.8) is 0 Å². The van der Waals surface area contributed by atoms with Gasteiger partial charge in [-0.05, 0) is 18.5 Å². The summed E-state index contributed by atoms with van der Waals surface area (Å²) in [4.78, 5) is 9.89. The molecule has 0 aliphatic carbocycles. The Kier molecular flexibility index (Phi) is 2.90. The highest BCUT2D eigenvalue weighted by atomic mass is 35.5. The van der Waals surface area contributed by atoms with Crippen LogP contribution in [0.1, 0.15) is 6.92 Å². The van der Waals surface area contributed by atoms with E-state index >= 15 is 0 Å². The molecule has 0 bridgehead atoms. The smallest absolute Gasteiger partial charge is 0.276 e. The average molecular weight is 173 g/mol. The molecular weight excluding hydrogens is 169 g/mol. The van der Waals surface area contributed by atoms with Crippen LogP contribution < -0.4 is 0 Å². The van der Waals surface area contributed by atoms with Crippen molar-refractivity contribution in [2.75, 3.05) is 0 Å².